The summed E-state index contributed by atoms with van der Waals surface area (Å²) < 4.78 is 0.961. The topological polar surface area (TPSA) is 32.7 Å². The fraction of sp³-hybridized carbons (Fsp3) is 0.111. The van der Waals surface area contributed by atoms with Gasteiger partial charge in [0.2, 0.25) is 0 Å². The number of carbonyl (C=O) groups excluding carboxylic acids is 1. The average Bonchev–Trinajstić information content (AvgIpc) is 2.52. The highest BCUT2D eigenvalue weighted by Gasteiger charge is 2.00. The molecule has 4 heteroatoms. The van der Waals surface area contributed by atoms with Gasteiger partial charge in [-0.15, -0.1) is 0 Å². The summed E-state index contributed by atoms with van der Waals surface area (Å²) in [4.78, 5) is 12.0. The van der Waals surface area contributed by atoms with Gasteiger partial charge in [-0.1, -0.05) is 46.3 Å². The second-order valence-electron chi connectivity index (χ2n) is 4.96. The molecule has 0 spiro atoms. The van der Waals surface area contributed by atoms with E-state index in [4.69, 9.17) is 0 Å². The second-order valence-corrected chi connectivity index (χ2v) is 5.88. The van der Waals surface area contributed by atoms with Gasteiger partial charge in [0.05, 0.1) is 6.21 Å². The summed E-state index contributed by atoms with van der Waals surface area (Å²) in [5.74, 6) is -0.00857. The van der Waals surface area contributed by atoms with Gasteiger partial charge in [-0.05, 0) is 41.5 Å². The van der Waals surface area contributed by atoms with Crippen molar-refractivity contribution in [2.45, 2.75) is 0 Å². The van der Waals surface area contributed by atoms with Crippen LogP contribution in [-0.4, -0.2) is 31.1 Å². The minimum Gasteiger partial charge on any atom is -0.303 e. The van der Waals surface area contributed by atoms with E-state index in [0.717, 1.165) is 15.6 Å². The molecule has 0 fully saturated rings. The van der Waals surface area contributed by atoms with Crippen LogP contribution < -0.4 is 0 Å². The minimum absolute atomic E-state index is 0.00857. The monoisotopic (exact) mass is 356 g/mol. The summed E-state index contributed by atoms with van der Waals surface area (Å²) in [6.45, 7) is 0. The molecule has 0 radical (unpaired) electrons. The van der Waals surface area contributed by atoms with E-state index in [2.05, 4.69) is 21.0 Å². The molecule has 0 unspecified atom stereocenters. The van der Waals surface area contributed by atoms with Crippen molar-refractivity contribution in [2.24, 2.45) is 5.10 Å². The average molecular weight is 357 g/mol. The van der Waals surface area contributed by atoms with Gasteiger partial charge in [0.1, 0.15) is 0 Å². The highest BCUT2D eigenvalue weighted by molar-refractivity contribution is 9.10. The molecular formula is C18H17BrN2O. The summed E-state index contributed by atoms with van der Waals surface area (Å²) in [7, 11) is 3.75. The normalized spacial score (nSPS) is 11.2. The Balaban J connectivity index is 2.03. The highest BCUT2D eigenvalue weighted by Crippen LogP contribution is 2.12. The van der Waals surface area contributed by atoms with Crippen molar-refractivity contribution in [3.63, 3.8) is 0 Å². The Morgan fingerprint density at radius 1 is 1.00 bits per heavy atom. The molecule has 0 N–H and O–H groups in total. The van der Waals surface area contributed by atoms with Crippen molar-refractivity contribution < 1.29 is 4.79 Å². The predicted octanol–water partition coefficient (Wildman–Crippen LogP) is 4.24. The van der Waals surface area contributed by atoms with Crippen LogP contribution in [0.15, 0.2) is 64.2 Å². The lowest BCUT2D eigenvalue weighted by atomic mass is 10.1. The van der Waals surface area contributed by atoms with Gasteiger partial charge >= 0.3 is 0 Å². The van der Waals surface area contributed by atoms with Gasteiger partial charge in [0, 0.05) is 24.1 Å². The molecule has 0 atom stereocenters. The molecule has 2 rings (SSSR count). The predicted molar refractivity (Wildman–Crippen MR) is 95.2 cm³/mol. The maximum atomic E-state index is 12.0. The van der Waals surface area contributed by atoms with Crippen molar-refractivity contribution in [1.82, 2.24) is 5.01 Å². The van der Waals surface area contributed by atoms with Gasteiger partial charge in [0.15, 0.2) is 5.78 Å². The number of hydrogen-bond acceptors (Lipinski definition) is 3. The fourth-order valence-electron chi connectivity index (χ4n) is 1.76. The van der Waals surface area contributed by atoms with Crippen LogP contribution in [0.2, 0.25) is 0 Å². The highest BCUT2D eigenvalue weighted by atomic mass is 79.9. The van der Waals surface area contributed by atoms with Crippen LogP contribution in [0.1, 0.15) is 21.5 Å². The lowest BCUT2D eigenvalue weighted by molar-refractivity contribution is 0.104. The lowest BCUT2D eigenvalue weighted by Crippen LogP contribution is -2.01. The first kappa shape index (κ1) is 16.2. The Labute approximate surface area is 139 Å². The van der Waals surface area contributed by atoms with Gasteiger partial charge in [-0.3, -0.25) is 4.79 Å². The van der Waals surface area contributed by atoms with Gasteiger partial charge in [-0.2, -0.15) is 5.10 Å². The molecule has 0 amide bonds. The first-order valence-electron chi connectivity index (χ1n) is 6.84. The maximum absolute atomic E-state index is 12.0. The largest absolute Gasteiger partial charge is 0.303 e. The van der Waals surface area contributed by atoms with Gasteiger partial charge < -0.3 is 5.01 Å². The van der Waals surface area contributed by atoms with E-state index in [9.17, 15) is 4.79 Å². The van der Waals surface area contributed by atoms with E-state index in [0.29, 0.717) is 5.56 Å². The summed E-state index contributed by atoms with van der Waals surface area (Å²) >= 11 is 3.36. The van der Waals surface area contributed by atoms with Crippen LogP contribution in [0.3, 0.4) is 0 Å². The Morgan fingerprint density at radius 2 is 1.59 bits per heavy atom. The third kappa shape index (κ3) is 4.97. The summed E-state index contributed by atoms with van der Waals surface area (Å²) in [6.07, 6.45) is 5.20. The standard InChI is InChI=1S/C18H17BrN2O/c1-21(2)20-13-15-5-3-14(4-6-15)7-12-18(22)16-8-10-17(19)11-9-16/h3-13H,1-2H3. The molecule has 3 nitrogen and oxygen atoms in total. The first-order valence-corrected chi connectivity index (χ1v) is 7.63. The summed E-state index contributed by atoms with van der Waals surface area (Å²) in [6, 6.07) is 15.2. The molecular weight excluding hydrogens is 340 g/mol. The van der Waals surface area contributed by atoms with Crippen molar-refractivity contribution in [3.8, 4) is 0 Å². The summed E-state index contributed by atoms with van der Waals surface area (Å²) in [5, 5.41) is 5.92. The Kier molecular flexibility index (Phi) is 5.67. The maximum Gasteiger partial charge on any atom is 0.185 e. The summed E-state index contributed by atoms with van der Waals surface area (Å²) in [5.41, 5.74) is 2.67. The zero-order chi connectivity index (χ0) is 15.9. The molecule has 0 heterocycles. The quantitative estimate of drug-likeness (QED) is 0.347. The number of hydrazone groups is 1. The van der Waals surface area contributed by atoms with Crippen molar-refractivity contribution in [1.29, 1.82) is 0 Å². The zero-order valence-electron chi connectivity index (χ0n) is 12.5. The SMILES string of the molecule is CN(C)N=Cc1ccc(C=CC(=O)c2ccc(Br)cc2)cc1. The molecule has 22 heavy (non-hydrogen) atoms. The molecule has 2 aromatic rings. The number of allylic oxidation sites excluding steroid dienone is 1. The van der Waals surface area contributed by atoms with Crippen LogP contribution in [0.4, 0.5) is 0 Å². The van der Waals surface area contributed by atoms with Gasteiger partial charge in [0.25, 0.3) is 0 Å². The van der Waals surface area contributed by atoms with E-state index >= 15 is 0 Å². The van der Waals surface area contributed by atoms with E-state index in [1.165, 1.54) is 0 Å². The van der Waals surface area contributed by atoms with E-state index in [1.54, 1.807) is 29.4 Å². The number of halogens is 1. The molecule has 0 aromatic heterocycles. The molecule has 0 aliphatic carbocycles. The van der Waals surface area contributed by atoms with Crippen LogP contribution in [0, 0.1) is 0 Å². The molecule has 112 valence electrons. The number of benzene rings is 2. The molecule has 0 bridgehead atoms. The van der Waals surface area contributed by atoms with Crippen LogP contribution in [0.5, 0.6) is 0 Å². The van der Waals surface area contributed by atoms with E-state index in [-0.39, 0.29) is 5.78 Å². The zero-order valence-corrected chi connectivity index (χ0v) is 14.1. The molecule has 0 saturated carbocycles. The third-order valence-electron chi connectivity index (χ3n) is 2.93. The Hall–Kier alpha value is -2.20. The van der Waals surface area contributed by atoms with Gasteiger partial charge in [-0.25, -0.2) is 0 Å². The van der Waals surface area contributed by atoms with Crippen LogP contribution in [0.25, 0.3) is 6.08 Å². The minimum atomic E-state index is -0.00857. The molecule has 0 aliphatic heterocycles. The number of nitrogens with zero attached hydrogens (tertiary/aromatic N) is 2. The number of rotatable bonds is 5. The van der Waals surface area contributed by atoms with E-state index < -0.39 is 0 Å². The lowest BCUT2D eigenvalue weighted by Gasteiger charge is -2.02. The smallest absolute Gasteiger partial charge is 0.185 e. The second kappa shape index (κ2) is 7.71. The van der Waals surface area contributed by atoms with E-state index in [1.807, 2.05) is 56.6 Å². The first-order chi connectivity index (χ1) is 10.5. The Morgan fingerprint density at radius 3 is 2.18 bits per heavy atom. The number of hydrogen-bond donors (Lipinski definition) is 0. The molecule has 0 saturated heterocycles. The molecule has 0 aliphatic rings. The third-order valence-corrected chi connectivity index (χ3v) is 3.46. The van der Waals surface area contributed by atoms with Crippen LogP contribution >= 0.6 is 15.9 Å². The fourth-order valence-corrected chi connectivity index (χ4v) is 2.02. The van der Waals surface area contributed by atoms with Crippen LogP contribution in [-0.2, 0) is 0 Å². The van der Waals surface area contributed by atoms with Crippen molar-refractivity contribution in [3.05, 3.63) is 75.8 Å². The van der Waals surface area contributed by atoms with Crippen molar-refractivity contribution >= 4 is 34.0 Å². The number of ketones is 1. The molecule has 2 aromatic carbocycles. The van der Waals surface area contributed by atoms with Crippen molar-refractivity contribution in [2.75, 3.05) is 14.1 Å². The number of carbonyl (C=O) groups is 1. The Bertz CT molecular complexity index is 686.